The number of carbonyl (C=O) groups excluding carboxylic acids is 4. The Morgan fingerprint density at radius 2 is 1.81 bits per heavy atom. The molecule has 4 amide bonds. The number of amides is 4. The lowest BCUT2D eigenvalue weighted by Gasteiger charge is -2.35. The first kappa shape index (κ1) is 42.3. The highest BCUT2D eigenvalue weighted by molar-refractivity contribution is 7.81. The number of hydrogen-bond donors (Lipinski definition) is 4. The van der Waals surface area contributed by atoms with Crippen molar-refractivity contribution in [3.8, 4) is 11.8 Å². The molecule has 0 spiro atoms. The van der Waals surface area contributed by atoms with Crippen molar-refractivity contribution in [2.75, 3.05) is 40.1 Å². The Morgan fingerprint density at radius 3 is 2.48 bits per heavy atom. The van der Waals surface area contributed by atoms with Crippen LogP contribution in [0.3, 0.4) is 0 Å². The number of likely N-dealkylation sites (tertiary alicyclic amines) is 1. The molecule has 13 nitrogen and oxygen atoms in total. The van der Waals surface area contributed by atoms with Gasteiger partial charge in [-0.1, -0.05) is 13.0 Å². The minimum atomic E-state index is -4.84. The molecule has 4 heterocycles. The quantitative estimate of drug-likeness (QED) is 0.124. The van der Waals surface area contributed by atoms with Crippen molar-refractivity contribution in [2.45, 2.75) is 95.5 Å². The fraction of sp³-hybridized carbons (Fsp3) is 0.463. The van der Waals surface area contributed by atoms with Gasteiger partial charge in [-0.15, -0.1) is 12.6 Å². The minimum Gasteiger partial charge on any atom is -0.493 e. The molecule has 58 heavy (non-hydrogen) atoms. The Hall–Kier alpha value is -5.34. The number of alkyl halides is 3. The van der Waals surface area contributed by atoms with Crippen LogP contribution in [-0.2, 0) is 31.8 Å². The normalized spacial score (nSPS) is 20.7. The van der Waals surface area contributed by atoms with Gasteiger partial charge in [-0.3, -0.25) is 34.3 Å². The van der Waals surface area contributed by atoms with Crippen LogP contribution < -0.4 is 30.5 Å². The smallest absolute Gasteiger partial charge is 0.419 e. The first-order valence-electron chi connectivity index (χ1n) is 19.3. The van der Waals surface area contributed by atoms with Crippen molar-refractivity contribution in [3.05, 3.63) is 71.5 Å². The van der Waals surface area contributed by atoms with Crippen LogP contribution in [0.5, 0.6) is 5.75 Å². The molecule has 0 radical (unpaired) electrons. The molecule has 3 aromatic rings. The number of hydrogen-bond acceptors (Lipinski definition) is 11. The third-order valence-electron chi connectivity index (χ3n) is 11.1. The minimum absolute atomic E-state index is 0.116. The largest absolute Gasteiger partial charge is 0.493 e. The van der Waals surface area contributed by atoms with Gasteiger partial charge >= 0.3 is 6.18 Å². The van der Waals surface area contributed by atoms with Crippen LogP contribution in [0.15, 0.2) is 54.7 Å². The first-order chi connectivity index (χ1) is 27.5. The monoisotopic (exact) mass is 820 g/mol. The summed E-state index contributed by atoms with van der Waals surface area (Å²) in [7, 11) is 0. The summed E-state index contributed by atoms with van der Waals surface area (Å²) in [6, 6.07) is 14.1. The van der Waals surface area contributed by atoms with E-state index in [1.54, 1.807) is 43.0 Å². The summed E-state index contributed by atoms with van der Waals surface area (Å²) in [6.07, 6.45) is 0.172. The van der Waals surface area contributed by atoms with E-state index in [9.17, 15) is 37.6 Å². The number of pyridine rings is 1. The average Bonchev–Trinajstić information content (AvgIpc) is 3.37. The lowest BCUT2D eigenvalue weighted by Crippen LogP contribution is -2.47. The number of aromatic nitrogens is 1. The van der Waals surface area contributed by atoms with E-state index in [1.165, 1.54) is 6.07 Å². The third-order valence-corrected chi connectivity index (χ3v) is 11.6. The van der Waals surface area contributed by atoms with Crippen molar-refractivity contribution in [1.82, 2.24) is 15.2 Å². The van der Waals surface area contributed by atoms with Crippen LogP contribution in [0, 0.1) is 17.2 Å². The Labute approximate surface area is 340 Å². The summed E-state index contributed by atoms with van der Waals surface area (Å²) < 4.78 is 47.5. The molecular weight excluding hydrogens is 774 g/mol. The molecule has 0 saturated carbocycles. The SMILES string of the molecule is CCc1cc(N2[C@H](S)N(c3cnc(C#N)c(C(F)(F)F)c3)C(=O)C2(C)C)ccc1OCCC1CCN([C@@H](C)C(=O)Nc2cccc(N[C@@H]3CCC(=O)NC3=O)c2)CC1. The van der Waals surface area contributed by atoms with Crippen molar-refractivity contribution in [2.24, 2.45) is 5.92 Å². The van der Waals surface area contributed by atoms with Gasteiger partial charge in [0.1, 0.15) is 23.4 Å². The van der Waals surface area contributed by atoms with Crippen molar-refractivity contribution in [1.29, 1.82) is 5.26 Å². The van der Waals surface area contributed by atoms with Gasteiger partial charge in [-0.05, 0) is 120 Å². The standard InChI is InChI=1S/C41H47F3N8O5S/c1-5-26-19-29(52-39(58)51(38(56)40(52,3)4)30-21-31(41(42,43)44)33(22-45)46-23-30)9-11-34(26)57-18-15-25-13-16-50(17-14-25)24(2)36(54)48-28-8-6-7-27(20-28)47-32-10-12-35(53)49-37(32)55/h6-9,11,19-21,23-25,32,39,47,58H,5,10,12-18H2,1-4H3,(H,48,54)(H,49,53,55)/t24-,32+,39+/m0/s1. The lowest BCUT2D eigenvalue weighted by molar-refractivity contribution is -0.138. The molecule has 2 aromatic carbocycles. The van der Waals surface area contributed by atoms with Gasteiger partial charge in [0.25, 0.3) is 5.91 Å². The average molecular weight is 821 g/mol. The van der Waals surface area contributed by atoms with E-state index in [0.29, 0.717) is 48.2 Å². The van der Waals surface area contributed by atoms with Crippen LogP contribution in [0.2, 0.25) is 0 Å². The maximum atomic E-state index is 13.7. The molecule has 308 valence electrons. The van der Waals surface area contributed by atoms with E-state index in [1.807, 2.05) is 32.0 Å². The van der Waals surface area contributed by atoms with Crippen LogP contribution in [0.25, 0.3) is 0 Å². The number of rotatable bonds is 12. The molecule has 0 aliphatic carbocycles. The zero-order valence-corrected chi connectivity index (χ0v) is 33.6. The molecule has 3 fully saturated rings. The lowest BCUT2D eigenvalue weighted by atomic mass is 9.93. The molecule has 0 unspecified atom stereocenters. The number of imide groups is 1. The first-order valence-corrected chi connectivity index (χ1v) is 19.8. The second kappa shape index (κ2) is 17.3. The van der Waals surface area contributed by atoms with E-state index in [4.69, 9.17) is 17.4 Å². The number of halogens is 3. The van der Waals surface area contributed by atoms with Gasteiger partial charge in [0.2, 0.25) is 17.7 Å². The number of nitrogens with zero attached hydrogens (tertiary/aromatic N) is 5. The Balaban J connectivity index is 1.01. The second-order valence-corrected chi connectivity index (χ2v) is 15.8. The molecule has 3 N–H and O–H groups in total. The van der Waals surface area contributed by atoms with E-state index in [-0.39, 0.29) is 35.9 Å². The van der Waals surface area contributed by atoms with Gasteiger partial charge in [0.05, 0.1) is 30.1 Å². The number of ether oxygens (including phenoxy) is 1. The number of thiol groups is 1. The Bertz CT molecular complexity index is 2100. The zero-order valence-electron chi connectivity index (χ0n) is 32.7. The van der Waals surface area contributed by atoms with Crippen LogP contribution in [-0.4, -0.2) is 76.3 Å². The van der Waals surface area contributed by atoms with E-state index < -0.39 is 40.4 Å². The van der Waals surface area contributed by atoms with Crippen molar-refractivity contribution < 1.29 is 37.1 Å². The number of benzene rings is 2. The highest BCUT2D eigenvalue weighted by Gasteiger charge is 2.52. The maximum absolute atomic E-state index is 13.7. The van der Waals surface area contributed by atoms with Gasteiger partial charge in [0, 0.05) is 23.5 Å². The summed E-state index contributed by atoms with van der Waals surface area (Å²) in [5.74, 6) is -0.138. The molecule has 1 aromatic heterocycles. The van der Waals surface area contributed by atoms with Gasteiger partial charge in [-0.25, -0.2) is 4.98 Å². The molecule has 3 aliphatic heterocycles. The predicted octanol–water partition coefficient (Wildman–Crippen LogP) is 6.10. The molecule has 3 saturated heterocycles. The maximum Gasteiger partial charge on any atom is 0.419 e. The highest BCUT2D eigenvalue weighted by atomic mass is 32.1. The number of nitriles is 1. The zero-order chi connectivity index (χ0) is 41.9. The summed E-state index contributed by atoms with van der Waals surface area (Å²) in [5, 5.41) is 17.6. The predicted molar refractivity (Wildman–Crippen MR) is 215 cm³/mol. The molecule has 6 rings (SSSR count). The fourth-order valence-corrected chi connectivity index (χ4v) is 8.39. The number of anilines is 4. The third kappa shape index (κ3) is 9.02. The fourth-order valence-electron chi connectivity index (χ4n) is 7.73. The van der Waals surface area contributed by atoms with Crippen LogP contribution in [0.1, 0.15) is 76.6 Å². The molecular formula is C41H47F3N8O5S. The second-order valence-electron chi connectivity index (χ2n) is 15.3. The highest BCUT2D eigenvalue weighted by Crippen LogP contribution is 2.43. The molecule has 3 aliphatic rings. The number of carbonyl (C=O) groups is 4. The molecule has 3 atom stereocenters. The van der Waals surface area contributed by atoms with Gasteiger partial charge in [-0.2, -0.15) is 18.4 Å². The number of aryl methyl sites for hydroxylation is 1. The summed E-state index contributed by atoms with van der Waals surface area (Å²) in [6.45, 7) is 9.24. The van der Waals surface area contributed by atoms with Crippen LogP contribution in [0.4, 0.5) is 35.9 Å². The van der Waals surface area contributed by atoms with Crippen molar-refractivity contribution >= 4 is 59.0 Å². The Morgan fingerprint density at radius 1 is 1.09 bits per heavy atom. The number of nitrogens with one attached hydrogen (secondary N) is 3. The van der Waals surface area contributed by atoms with Gasteiger partial charge < -0.3 is 20.3 Å². The molecule has 0 bridgehead atoms. The van der Waals surface area contributed by atoms with Gasteiger partial charge in [0.15, 0.2) is 11.2 Å². The summed E-state index contributed by atoms with van der Waals surface area (Å²) >= 11 is 4.70. The Kier molecular flexibility index (Phi) is 12.6. The van der Waals surface area contributed by atoms with E-state index in [2.05, 4.69) is 25.8 Å². The summed E-state index contributed by atoms with van der Waals surface area (Å²) in [4.78, 5) is 59.3. The van der Waals surface area contributed by atoms with E-state index in [0.717, 1.165) is 55.1 Å². The summed E-state index contributed by atoms with van der Waals surface area (Å²) in [5.41, 5.74) is -1.45. The van der Waals surface area contributed by atoms with Crippen molar-refractivity contribution in [3.63, 3.8) is 0 Å². The topological polar surface area (TPSA) is 160 Å². The van der Waals surface area contributed by atoms with Crippen LogP contribution >= 0.6 is 12.6 Å². The molecule has 17 heteroatoms. The number of piperidine rings is 2. The van der Waals surface area contributed by atoms with E-state index >= 15 is 0 Å².